The largest absolute Gasteiger partial charge is 0.497 e. The highest BCUT2D eigenvalue weighted by molar-refractivity contribution is 7.07. The first-order chi connectivity index (χ1) is 11.8. The number of nitrogens with zero attached hydrogens (tertiary/aromatic N) is 3. The predicted molar refractivity (Wildman–Crippen MR) is 97.1 cm³/mol. The van der Waals surface area contributed by atoms with Crippen molar-refractivity contribution in [3.8, 4) is 5.75 Å². The topological polar surface area (TPSA) is 39.0 Å². The maximum absolute atomic E-state index is 5.40. The highest BCUT2D eigenvalue weighted by Crippen LogP contribution is 2.17. The summed E-state index contributed by atoms with van der Waals surface area (Å²) in [6, 6.07) is 7.88. The number of ether oxygens (including phenoxy) is 2. The maximum Gasteiger partial charge on any atom is 0.190 e. The van der Waals surface area contributed by atoms with Crippen molar-refractivity contribution in [2.24, 2.45) is 4.99 Å². The van der Waals surface area contributed by atoms with Crippen LogP contribution in [0.1, 0.15) is 12.1 Å². The summed E-state index contributed by atoms with van der Waals surface area (Å²) >= 11 is 1.70. The summed E-state index contributed by atoms with van der Waals surface area (Å²) in [5.41, 5.74) is 2.23. The first-order valence-corrected chi connectivity index (χ1v) is 9.28. The van der Waals surface area contributed by atoms with Gasteiger partial charge in [-0.05, 0) is 37.6 Å². The maximum atomic E-state index is 5.40. The smallest absolute Gasteiger partial charge is 0.190 e. The lowest BCUT2D eigenvalue weighted by molar-refractivity contribution is 0.0369. The van der Waals surface area contributed by atoms with E-state index in [1.165, 1.54) is 5.69 Å². The normalized spacial score (nSPS) is 16.5. The molecule has 130 valence electrons. The monoisotopic (exact) mass is 347 g/mol. The van der Waals surface area contributed by atoms with Crippen molar-refractivity contribution < 1.29 is 9.47 Å². The molecule has 5 nitrogen and oxygen atoms in total. The molecule has 6 heteroatoms. The zero-order chi connectivity index (χ0) is 16.8. The second-order valence-electron chi connectivity index (χ2n) is 5.93. The number of aryl methyl sites for hydroxylation is 1. The summed E-state index contributed by atoms with van der Waals surface area (Å²) in [6.07, 6.45) is 1.13. The van der Waals surface area contributed by atoms with Crippen LogP contribution < -0.4 is 9.54 Å². The van der Waals surface area contributed by atoms with Gasteiger partial charge in [-0.15, -0.1) is 11.3 Å². The fraction of sp³-hybridized carbons (Fsp3) is 0.500. The molecular formula is C18H25N3O2S. The summed E-state index contributed by atoms with van der Waals surface area (Å²) < 4.78 is 12.9. The molecule has 0 atom stereocenters. The molecular weight excluding hydrogens is 322 g/mol. The minimum absolute atomic E-state index is 0.856. The van der Waals surface area contributed by atoms with Crippen molar-refractivity contribution in [2.45, 2.75) is 19.9 Å². The second-order valence-corrected chi connectivity index (χ2v) is 6.77. The molecule has 2 aromatic rings. The van der Waals surface area contributed by atoms with E-state index in [2.05, 4.69) is 21.8 Å². The summed E-state index contributed by atoms with van der Waals surface area (Å²) in [5.74, 6) is 0.856. The summed E-state index contributed by atoms with van der Waals surface area (Å²) in [5, 5.41) is 2.18. The molecule has 0 amide bonds. The van der Waals surface area contributed by atoms with Gasteiger partial charge < -0.3 is 14.0 Å². The Bertz CT molecular complexity index is 700. The average molecular weight is 347 g/mol. The Kier molecular flexibility index (Phi) is 6.07. The Morgan fingerprint density at radius 2 is 1.92 bits per heavy atom. The van der Waals surface area contributed by atoms with E-state index in [4.69, 9.17) is 14.5 Å². The van der Waals surface area contributed by atoms with Gasteiger partial charge in [0.05, 0.1) is 26.0 Å². The lowest BCUT2D eigenvalue weighted by atomic mass is 10.3. The van der Waals surface area contributed by atoms with E-state index in [1.54, 1.807) is 18.4 Å². The summed E-state index contributed by atoms with van der Waals surface area (Å²) in [7, 11) is 1.68. The Balaban J connectivity index is 1.67. The third-order valence-corrected chi connectivity index (χ3v) is 5.23. The fourth-order valence-electron chi connectivity index (χ4n) is 2.82. The molecule has 0 unspecified atom stereocenters. The van der Waals surface area contributed by atoms with Gasteiger partial charge in [0, 0.05) is 37.3 Å². The van der Waals surface area contributed by atoms with E-state index < -0.39 is 0 Å². The first-order valence-electron chi connectivity index (χ1n) is 8.40. The van der Waals surface area contributed by atoms with E-state index >= 15 is 0 Å². The van der Waals surface area contributed by atoms with Gasteiger partial charge in [-0.25, -0.2) is 4.99 Å². The third-order valence-electron chi connectivity index (χ3n) is 4.25. The fourth-order valence-corrected chi connectivity index (χ4v) is 3.74. The molecule has 1 aromatic heterocycles. The highest BCUT2D eigenvalue weighted by atomic mass is 32.1. The number of benzene rings is 1. The molecule has 24 heavy (non-hydrogen) atoms. The Hall–Kier alpha value is -1.63. The van der Waals surface area contributed by atoms with Gasteiger partial charge in [0.25, 0.3) is 0 Å². The average Bonchev–Trinajstić information content (AvgIpc) is 2.97. The lowest BCUT2D eigenvalue weighted by Gasteiger charge is -2.26. The molecule has 1 aliphatic rings. The van der Waals surface area contributed by atoms with Gasteiger partial charge in [0.1, 0.15) is 5.75 Å². The molecule has 0 radical (unpaired) electrons. The molecule has 0 bridgehead atoms. The van der Waals surface area contributed by atoms with Gasteiger partial charge >= 0.3 is 0 Å². The second kappa shape index (κ2) is 8.46. The SMILES string of the molecule is COc1ccc(N=c2scc(C)n2CCCN2CCOCC2)cc1. The van der Waals surface area contributed by atoms with E-state index in [0.29, 0.717) is 0 Å². The van der Waals surface area contributed by atoms with Crippen LogP contribution in [0, 0.1) is 6.92 Å². The van der Waals surface area contributed by atoms with Crippen LogP contribution in [0.4, 0.5) is 5.69 Å². The first kappa shape index (κ1) is 17.2. The zero-order valence-electron chi connectivity index (χ0n) is 14.4. The van der Waals surface area contributed by atoms with Crippen LogP contribution in [0.15, 0.2) is 34.6 Å². The molecule has 1 saturated heterocycles. The molecule has 0 saturated carbocycles. The van der Waals surface area contributed by atoms with Crippen LogP contribution in [0.5, 0.6) is 5.75 Å². The predicted octanol–water partition coefficient (Wildman–Crippen LogP) is 2.82. The van der Waals surface area contributed by atoms with Crippen LogP contribution in [-0.2, 0) is 11.3 Å². The van der Waals surface area contributed by atoms with E-state index in [9.17, 15) is 0 Å². The van der Waals surface area contributed by atoms with Gasteiger partial charge in [0.15, 0.2) is 4.80 Å². The number of aromatic nitrogens is 1. The molecule has 2 heterocycles. The van der Waals surface area contributed by atoms with Crippen LogP contribution >= 0.6 is 11.3 Å². The highest BCUT2D eigenvalue weighted by Gasteiger charge is 2.10. The van der Waals surface area contributed by atoms with Crippen LogP contribution in [0.25, 0.3) is 0 Å². The van der Waals surface area contributed by atoms with Crippen molar-refractivity contribution in [2.75, 3.05) is 40.0 Å². The summed E-state index contributed by atoms with van der Waals surface area (Å²) in [4.78, 5) is 8.33. The van der Waals surface area contributed by atoms with Crippen molar-refractivity contribution in [1.29, 1.82) is 0 Å². The Morgan fingerprint density at radius 1 is 1.17 bits per heavy atom. The van der Waals surface area contributed by atoms with Crippen molar-refractivity contribution >= 4 is 17.0 Å². The van der Waals surface area contributed by atoms with Gasteiger partial charge in [0.2, 0.25) is 0 Å². The van der Waals surface area contributed by atoms with Crippen LogP contribution in [0.3, 0.4) is 0 Å². The minimum atomic E-state index is 0.856. The minimum Gasteiger partial charge on any atom is -0.497 e. The van der Waals surface area contributed by atoms with Crippen molar-refractivity contribution in [3.05, 3.63) is 40.1 Å². The van der Waals surface area contributed by atoms with E-state index in [1.807, 2.05) is 24.3 Å². The number of hydrogen-bond donors (Lipinski definition) is 0. The van der Waals surface area contributed by atoms with Crippen LogP contribution in [-0.4, -0.2) is 49.4 Å². The Morgan fingerprint density at radius 3 is 2.62 bits per heavy atom. The van der Waals surface area contributed by atoms with Crippen LogP contribution in [0.2, 0.25) is 0 Å². The van der Waals surface area contributed by atoms with Gasteiger partial charge in [-0.3, -0.25) is 4.90 Å². The molecule has 0 N–H and O–H groups in total. The molecule has 1 fully saturated rings. The number of thiazole rings is 1. The quantitative estimate of drug-likeness (QED) is 0.807. The van der Waals surface area contributed by atoms with Crippen molar-refractivity contribution in [1.82, 2.24) is 9.47 Å². The molecule has 0 spiro atoms. The number of hydrogen-bond acceptors (Lipinski definition) is 5. The summed E-state index contributed by atoms with van der Waals surface area (Å²) in [6.45, 7) is 8.10. The number of morpholine rings is 1. The molecule has 1 aromatic carbocycles. The van der Waals surface area contributed by atoms with Crippen molar-refractivity contribution in [3.63, 3.8) is 0 Å². The lowest BCUT2D eigenvalue weighted by Crippen LogP contribution is -2.37. The third kappa shape index (κ3) is 4.47. The molecule has 0 aliphatic carbocycles. The molecule has 3 rings (SSSR count). The van der Waals surface area contributed by atoms with E-state index in [-0.39, 0.29) is 0 Å². The zero-order valence-corrected chi connectivity index (χ0v) is 15.2. The number of rotatable bonds is 6. The number of methoxy groups -OCH3 is 1. The Labute approximate surface area is 147 Å². The van der Waals surface area contributed by atoms with Gasteiger partial charge in [-0.2, -0.15) is 0 Å². The standard InChI is InChI=1S/C18H25N3O2S/c1-15-14-24-18(19-16-4-6-17(22-2)7-5-16)21(15)9-3-8-20-10-12-23-13-11-20/h4-7,14H,3,8-13H2,1-2H3. The molecule has 1 aliphatic heterocycles. The van der Waals surface area contributed by atoms with Gasteiger partial charge in [-0.1, -0.05) is 0 Å². The van der Waals surface area contributed by atoms with E-state index in [0.717, 1.165) is 62.1 Å².